The molecule has 1 fully saturated rings. The van der Waals surface area contributed by atoms with Gasteiger partial charge in [0.15, 0.2) is 0 Å². The van der Waals surface area contributed by atoms with Crippen molar-refractivity contribution in [1.82, 2.24) is 24.8 Å². The summed E-state index contributed by atoms with van der Waals surface area (Å²) in [5, 5.41) is 13.9. The lowest BCUT2D eigenvalue weighted by Gasteiger charge is -2.38. The van der Waals surface area contributed by atoms with Crippen LogP contribution < -0.4 is 20.7 Å². The molecule has 11 nitrogen and oxygen atoms in total. The molecule has 4 heterocycles. The van der Waals surface area contributed by atoms with Crippen molar-refractivity contribution in [3.8, 4) is 28.4 Å². The summed E-state index contributed by atoms with van der Waals surface area (Å²) in [4.78, 5) is 22.5. The average Bonchev–Trinajstić information content (AvgIpc) is 3.74. The molecule has 6 rings (SSSR count). The molecule has 47 heavy (non-hydrogen) atoms. The molecule has 11 heteroatoms. The summed E-state index contributed by atoms with van der Waals surface area (Å²) in [5.41, 5.74) is 13.4. The van der Waals surface area contributed by atoms with Crippen LogP contribution in [0.3, 0.4) is 0 Å². The number of methoxy groups -OCH3 is 1. The Morgan fingerprint density at radius 2 is 2.00 bits per heavy atom. The molecule has 246 valence electrons. The first-order chi connectivity index (χ1) is 22.9. The van der Waals surface area contributed by atoms with Crippen molar-refractivity contribution in [3.63, 3.8) is 0 Å². The lowest BCUT2D eigenvalue weighted by atomic mass is 9.98. The Kier molecular flexibility index (Phi) is 9.86. The molecular weight excluding hydrogens is 592 g/mol. The van der Waals surface area contributed by atoms with Crippen LogP contribution in [0.25, 0.3) is 33.6 Å². The van der Waals surface area contributed by atoms with Gasteiger partial charge in [0.25, 0.3) is 0 Å². The van der Waals surface area contributed by atoms with Gasteiger partial charge in [-0.05, 0) is 70.1 Å². The fraction of sp³-hybridized carbons (Fsp3) is 0.361. The van der Waals surface area contributed by atoms with E-state index in [1.807, 2.05) is 49.4 Å². The van der Waals surface area contributed by atoms with Gasteiger partial charge >= 0.3 is 0 Å². The van der Waals surface area contributed by atoms with Crippen molar-refractivity contribution in [2.45, 2.75) is 44.7 Å². The molecule has 2 aromatic carbocycles. The smallest absolute Gasteiger partial charge is 0.227 e. The number of nitrogens with zero attached hydrogens (tertiary/aromatic N) is 5. The number of aliphatic hydroxyl groups is 1. The predicted octanol–water partition coefficient (Wildman–Crippen LogP) is 6.06. The maximum absolute atomic E-state index is 9.45. The van der Waals surface area contributed by atoms with Crippen LogP contribution in [0, 0.1) is 0 Å². The van der Waals surface area contributed by atoms with Gasteiger partial charge in [0.1, 0.15) is 17.2 Å². The molecule has 5 aromatic rings. The number of ether oxygens (including phenoxy) is 1. The summed E-state index contributed by atoms with van der Waals surface area (Å²) in [5.74, 6) is 1.86. The van der Waals surface area contributed by atoms with Gasteiger partial charge in [-0.25, -0.2) is 15.0 Å². The van der Waals surface area contributed by atoms with E-state index in [-0.39, 0.29) is 12.6 Å². The second-order valence-electron chi connectivity index (χ2n) is 12.1. The summed E-state index contributed by atoms with van der Waals surface area (Å²) in [6.45, 7) is 3.95. The largest absolute Gasteiger partial charge is 0.494 e. The highest BCUT2D eigenvalue weighted by atomic mass is 16.5. The Balaban J connectivity index is 1.35. The number of imidazole rings is 1. The van der Waals surface area contributed by atoms with E-state index in [1.165, 1.54) is 0 Å². The van der Waals surface area contributed by atoms with Gasteiger partial charge in [0.05, 0.1) is 42.2 Å². The van der Waals surface area contributed by atoms with Gasteiger partial charge in [-0.2, -0.15) is 0 Å². The first-order valence-electron chi connectivity index (χ1n) is 16.2. The van der Waals surface area contributed by atoms with Gasteiger partial charge in [-0.3, -0.25) is 0 Å². The summed E-state index contributed by atoms with van der Waals surface area (Å²) in [7, 11) is 5.97. The minimum Gasteiger partial charge on any atom is -0.494 e. The highest BCUT2D eigenvalue weighted by Crippen LogP contribution is 2.39. The van der Waals surface area contributed by atoms with Crippen LogP contribution in [-0.2, 0) is 6.42 Å². The number of allylic oxidation sites excluding steroid dienone is 1. The lowest BCUT2D eigenvalue weighted by Crippen LogP contribution is -2.42. The Morgan fingerprint density at radius 3 is 2.74 bits per heavy atom. The summed E-state index contributed by atoms with van der Waals surface area (Å²) in [6, 6.07) is 14.2. The van der Waals surface area contributed by atoms with E-state index >= 15 is 0 Å². The second kappa shape index (κ2) is 14.4. The van der Waals surface area contributed by atoms with Gasteiger partial charge in [0.2, 0.25) is 5.95 Å². The summed E-state index contributed by atoms with van der Waals surface area (Å²) < 4.78 is 11.6. The van der Waals surface area contributed by atoms with Crippen molar-refractivity contribution in [1.29, 1.82) is 0 Å². The highest BCUT2D eigenvalue weighted by Gasteiger charge is 2.25. The summed E-state index contributed by atoms with van der Waals surface area (Å²) in [6.07, 6.45) is 10.8. The number of nitrogens with one attached hydrogen (secondary N) is 2. The number of furan rings is 1. The van der Waals surface area contributed by atoms with E-state index in [2.05, 4.69) is 51.3 Å². The molecule has 1 aliphatic rings. The standard InChI is InChI=1S/C36H44N8O3/c1-5-7-27(37)26-21-29(32(46-4)22-30(26)44-16-12-25(13-17-44)43(2)3)40-36-38-15-11-28(39-36)35-34(41-33(42-35)8-6-18-45)24-10-9-23-14-19-47-31(23)20-24/h5,7,9-11,14-15,19-22,25,27,45H,6,8,12-13,16-18,37H2,1-4H3,(H,41,42)(H,38,39,40). The predicted molar refractivity (Wildman–Crippen MR) is 187 cm³/mol. The number of aryl methyl sites for hydroxylation is 1. The zero-order valence-electron chi connectivity index (χ0n) is 27.5. The van der Waals surface area contributed by atoms with Gasteiger partial charge in [-0.1, -0.05) is 24.3 Å². The molecule has 0 radical (unpaired) electrons. The third-order valence-corrected chi connectivity index (χ3v) is 8.86. The van der Waals surface area contributed by atoms with E-state index < -0.39 is 0 Å². The number of hydrogen-bond acceptors (Lipinski definition) is 10. The van der Waals surface area contributed by atoms with Crippen molar-refractivity contribution in [2.24, 2.45) is 5.73 Å². The molecular formula is C36H44N8O3. The molecule has 0 saturated carbocycles. The molecule has 0 bridgehead atoms. The Hall–Kier alpha value is -4.71. The number of aliphatic hydroxyl groups excluding tert-OH is 1. The molecule has 1 unspecified atom stereocenters. The molecule has 0 amide bonds. The van der Waals surface area contributed by atoms with Crippen LogP contribution >= 0.6 is 0 Å². The van der Waals surface area contributed by atoms with Crippen molar-refractivity contribution in [2.75, 3.05) is 51.1 Å². The molecule has 0 spiro atoms. The molecule has 1 aliphatic heterocycles. The maximum Gasteiger partial charge on any atom is 0.227 e. The third kappa shape index (κ3) is 7.02. The third-order valence-electron chi connectivity index (χ3n) is 8.86. The molecule has 0 aliphatic carbocycles. The molecule has 1 saturated heterocycles. The number of H-pyrrole nitrogens is 1. The minimum absolute atomic E-state index is 0.0833. The lowest BCUT2D eigenvalue weighted by molar-refractivity contribution is 0.249. The zero-order valence-corrected chi connectivity index (χ0v) is 27.5. The van der Waals surface area contributed by atoms with Crippen LogP contribution in [-0.4, -0.2) is 76.9 Å². The Morgan fingerprint density at radius 1 is 1.17 bits per heavy atom. The van der Waals surface area contributed by atoms with E-state index in [4.69, 9.17) is 24.9 Å². The SMILES string of the molecule is CC=CC(N)c1cc(Nc2nccc(-c3[nH]c(CCCO)nc3-c3ccc4ccoc4c3)n2)c(OC)cc1N1CCC(N(C)C)CC1. The van der Waals surface area contributed by atoms with Gasteiger partial charge < -0.3 is 40.1 Å². The number of piperidine rings is 1. The van der Waals surface area contributed by atoms with Crippen molar-refractivity contribution < 1.29 is 14.3 Å². The monoisotopic (exact) mass is 636 g/mol. The van der Waals surface area contributed by atoms with E-state index in [1.54, 1.807) is 19.6 Å². The van der Waals surface area contributed by atoms with Gasteiger partial charge in [0, 0.05) is 61.1 Å². The summed E-state index contributed by atoms with van der Waals surface area (Å²) >= 11 is 0. The number of nitrogens with two attached hydrogens (primary N) is 1. The van der Waals surface area contributed by atoms with Crippen molar-refractivity contribution in [3.05, 3.63) is 78.5 Å². The number of hydrogen-bond donors (Lipinski definition) is 4. The number of aromatic amines is 1. The maximum atomic E-state index is 9.45. The fourth-order valence-electron chi connectivity index (χ4n) is 6.29. The average molecular weight is 637 g/mol. The zero-order chi connectivity index (χ0) is 32.9. The minimum atomic E-state index is -0.295. The van der Waals surface area contributed by atoms with E-state index in [0.29, 0.717) is 36.3 Å². The molecule has 5 N–H and O–H groups in total. The Bertz CT molecular complexity index is 1840. The van der Waals surface area contributed by atoms with E-state index in [0.717, 1.165) is 76.6 Å². The number of anilines is 3. The second-order valence-corrected chi connectivity index (χ2v) is 12.1. The van der Waals surface area contributed by atoms with Crippen LogP contribution in [0.2, 0.25) is 0 Å². The first-order valence-corrected chi connectivity index (χ1v) is 16.2. The van der Waals surface area contributed by atoms with Gasteiger partial charge in [-0.15, -0.1) is 0 Å². The normalized spacial score (nSPS) is 14.8. The highest BCUT2D eigenvalue weighted by molar-refractivity contribution is 5.86. The van der Waals surface area contributed by atoms with Crippen LogP contribution in [0.15, 0.2) is 71.5 Å². The Labute approximate surface area is 275 Å². The number of rotatable bonds is 12. The number of fused-ring (bicyclic) bond motifs is 1. The van der Waals surface area contributed by atoms with E-state index in [9.17, 15) is 5.11 Å². The van der Waals surface area contributed by atoms with Crippen LogP contribution in [0.4, 0.5) is 17.3 Å². The quantitative estimate of drug-likeness (QED) is 0.119. The topological polar surface area (TPSA) is 142 Å². The van der Waals surface area contributed by atoms with Crippen LogP contribution in [0.1, 0.15) is 43.6 Å². The molecule has 1 atom stereocenters. The number of aromatic nitrogens is 4. The van der Waals surface area contributed by atoms with Crippen molar-refractivity contribution >= 4 is 28.3 Å². The first kappa shape index (κ1) is 32.2. The van der Waals surface area contributed by atoms with Crippen LogP contribution in [0.5, 0.6) is 5.75 Å². The number of benzene rings is 2. The fourth-order valence-corrected chi connectivity index (χ4v) is 6.29. The molecule has 3 aromatic heterocycles.